The molecule has 1 atom stereocenters. The Kier molecular flexibility index (Phi) is 3.40. The zero-order valence-electron chi connectivity index (χ0n) is 8.72. The highest BCUT2D eigenvalue weighted by Crippen LogP contribution is 2.28. The van der Waals surface area contributed by atoms with Gasteiger partial charge in [-0.1, -0.05) is 25.7 Å². The van der Waals surface area contributed by atoms with Gasteiger partial charge < -0.3 is 10.6 Å². The van der Waals surface area contributed by atoms with E-state index < -0.39 is 0 Å². The number of carbonyl (C=O) groups is 1. The molecule has 2 N–H and O–H groups in total. The SMILES string of the molecule is O=C1CCNC(CC2CCCC2)CN1. The van der Waals surface area contributed by atoms with Crippen molar-refractivity contribution in [3.05, 3.63) is 0 Å². The van der Waals surface area contributed by atoms with E-state index in [0.717, 1.165) is 19.0 Å². The molecule has 0 aromatic heterocycles. The standard InChI is InChI=1S/C11H20N2O/c14-11-5-6-12-10(8-13-11)7-9-3-1-2-4-9/h9-10,12H,1-8H2,(H,13,14). The molecule has 80 valence electrons. The third-order valence-electron chi connectivity index (χ3n) is 3.42. The fraction of sp³-hybridized carbons (Fsp3) is 0.909. The number of hydrogen-bond donors (Lipinski definition) is 2. The predicted octanol–water partition coefficient (Wildman–Crippen LogP) is 1.04. The third-order valence-corrected chi connectivity index (χ3v) is 3.42. The first-order valence-corrected chi connectivity index (χ1v) is 5.84. The van der Waals surface area contributed by atoms with Crippen LogP contribution in [-0.2, 0) is 4.79 Å². The third kappa shape index (κ3) is 2.71. The van der Waals surface area contributed by atoms with E-state index in [1.165, 1.54) is 32.1 Å². The lowest BCUT2D eigenvalue weighted by Gasteiger charge is -2.19. The molecule has 3 nitrogen and oxygen atoms in total. The molecule has 0 radical (unpaired) electrons. The average molecular weight is 196 g/mol. The maximum absolute atomic E-state index is 11.1. The molecular weight excluding hydrogens is 176 g/mol. The van der Waals surface area contributed by atoms with Crippen LogP contribution in [0, 0.1) is 5.92 Å². The summed E-state index contributed by atoms with van der Waals surface area (Å²) in [6.45, 7) is 1.68. The Morgan fingerprint density at radius 1 is 1.29 bits per heavy atom. The van der Waals surface area contributed by atoms with Crippen LogP contribution in [0.1, 0.15) is 38.5 Å². The Labute approximate surface area is 85.6 Å². The predicted molar refractivity (Wildman–Crippen MR) is 56.0 cm³/mol. The van der Waals surface area contributed by atoms with Crippen LogP contribution < -0.4 is 10.6 Å². The van der Waals surface area contributed by atoms with E-state index in [1.807, 2.05) is 0 Å². The van der Waals surface area contributed by atoms with E-state index in [2.05, 4.69) is 10.6 Å². The van der Waals surface area contributed by atoms with Gasteiger partial charge in [0, 0.05) is 25.6 Å². The molecule has 2 aliphatic rings. The summed E-state index contributed by atoms with van der Waals surface area (Å²) in [7, 11) is 0. The molecule has 3 heteroatoms. The first kappa shape index (κ1) is 9.97. The van der Waals surface area contributed by atoms with Crippen molar-refractivity contribution < 1.29 is 4.79 Å². The lowest BCUT2D eigenvalue weighted by Crippen LogP contribution is -2.37. The molecule has 1 unspecified atom stereocenters. The van der Waals surface area contributed by atoms with Crippen LogP contribution >= 0.6 is 0 Å². The van der Waals surface area contributed by atoms with Crippen LogP contribution in [0.3, 0.4) is 0 Å². The Balaban J connectivity index is 1.76. The normalized spacial score (nSPS) is 30.0. The maximum Gasteiger partial charge on any atom is 0.221 e. The maximum atomic E-state index is 11.1. The van der Waals surface area contributed by atoms with Crippen molar-refractivity contribution in [3.63, 3.8) is 0 Å². The molecule has 1 saturated heterocycles. The summed E-state index contributed by atoms with van der Waals surface area (Å²) in [5, 5.41) is 6.42. The molecular formula is C11H20N2O. The summed E-state index contributed by atoms with van der Waals surface area (Å²) in [5.41, 5.74) is 0. The number of nitrogens with one attached hydrogen (secondary N) is 2. The smallest absolute Gasteiger partial charge is 0.221 e. The summed E-state index contributed by atoms with van der Waals surface area (Å²) in [6.07, 6.45) is 7.49. The van der Waals surface area contributed by atoms with E-state index in [9.17, 15) is 4.79 Å². The molecule has 1 saturated carbocycles. The minimum absolute atomic E-state index is 0.200. The van der Waals surface area contributed by atoms with Crippen molar-refractivity contribution in [2.45, 2.75) is 44.6 Å². The first-order chi connectivity index (χ1) is 6.84. The number of rotatable bonds is 2. The van der Waals surface area contributed by atoms with Crippen LogP contribution in [0.4, 0.5) is 0 Å². The van der Waals surface area contributed by atoms with Gasteiger partial charge in [0.15, 0.2) is 0 Å². The summed E-state index contributed by atoms with van der Waals surface area (Å²) < 4.78 is 0. The lowest BCUT2D eigenvalue weighted by atomic mass is 9.98. The number of carbonyl (C=O) groups excluding carboxylic acids is 1. The summed E-state index contributed by atoms with van der Waals surface area (Å²) >= 11 is 0. The van der Waals surface area contributed by atoms with Gasteiger partial charge in [-0.2, -0.15) is 0 Å². The van der Waals surface area contributed by atoms with Crippen LogP contribution in [0.25, 0.3) is 0 Å². The molecule has 1 aliphatic heterocycles. The molecule has 1 amide bonds. The monoisotopic (exact) mass is 196 g/mol. The zero-order valence-corrected chi connectivity index (χ0v) is 8.72. The van der Waals surface area contributed by atoms with Gasteiger partial charge in [0.2, 0.25) is 5.91 Å². The van der Waals surface area contributed by atoms with Crippen LogP contribution in [0.15, 0.2) is 0 Å². The highest BCUT2D eigenvalue weighted by atomic mass is 16.1. The second-order valence-corrected chi connectivity index (χ2v) is 4.59. The average Bonchev–Trinajstić information content (AvgIpc) is 2.58. The lowest BCUT2D eigenvalue weighted by molar-refractivity contribution is -0.120. The van der Waals surface area contributed by atoms with Crippen LogP contribution in [-0.4, -0.2) is 25.0 Å². The van der Waals surface area contributed by atoms with Crippen molar-refractivity contribution >= 4 is 5.91 Å². The van der Waals surface area contributed by atoms with Gasteiger partial charge in [0.25, 0.3) is 0 Å². The van der Waals surface area contributed by atoms with Gasteiger partial charge in [-0.3, -0.25) is 4.79 Å². The minimum Gasteiger partial charge on any atom is -0.354 e. The Morgan fingerprint density at radius 2 is 2.07 bits per heavy atom. The Hall–Kier alpha value is -0.570. The molecule has 0 bridgehead atoms. The Morgan fingerprint density at radius 3 is 2.86 bits per heavy atom. The van der Waals surface area contributed by atoms with Crippen molar-refractivity contribution in [1.29, 1.82) is 0 Å². The molecule has 1 aliphatic carbocycles. The van der Waals surface area contributed by atoms with Crippen molar-refractivity contribution in [3.8, 4) is 0 Å². The Bertz CT molecular complexity index is 199. The van der Waals surface area contributed by atoms with E-state index >= 15 is 0 Å². The highest BCUT2D eigenvalue weighted by molar-refractivity contribution is 5.76. The topological polar surface area (TPSA) is 41.1 Å². The largest absolute Gasteiger partial charge is 0.354 e. The van der Waals surface area contributed by atoms with Gasteiger partial charge in [-0.25, -0.2) is 0 Å². The van der Waals surface area contributed by atoms with Gasteiger partial charge in [0.05, 0.1) is 0 Å². The summed E-state index contributed by atoms with van der Waals surface area (Å²) in [6, 6.07) is 0.518. The van der Waals surface area contributed by atoms with E-state index in [-0.39, 0.29) is 5.91 Å². The molecule has 2 fully saturated rings. The van der Waals surface area contributed by atoms with Gasteiger partial charge >= 0.3 is 0 Å². The quantitative estimate of drug-likeness (QED) is 0.693. The number of amides is 1. The van der Waals surface area contributed by atoms with Gasteiger partial charge in [-0.05, 0) is 12.3 Å². The molecule has 1 heterocycles. The molecule has 0 aromatic rings. The van der Waals surface area contributed by atoms with E-state index in [1.54, 1.807) is 0 Å². The van der Waals surface area contributed by atoms with Crippen LogP contribution in [0.2, 0.25) is 0 Å². The van der Waals surface area contributed by atoms with Gasteiger partial charge in [0.1, 0.15) is 0 Å². The molecule has 0 spiro atoms. The highest BCUT2D eigenvalue weighted by Gasteiger charge is 2.21. The first-order valence-electron chi connectivity index (χ1n) is 5.84. The zero-order chi connectivity index (χ0) is 9.80. The summed E-state index contributed by atoms with van der Waals surface area (Å²) in [5.74, 6) is 1.11. The van der Waals surface area contributed by atoms with Crippen molar-refractivity contribution in [1.82, 2.24) is 10.6 Å². The van der Waals surface area contributed by atoms with Crippen molar-refractivity contribution in [2.24, 2.45) is 5.92 Å². The fourth-order valence-corrected chi connectivity index (χ4v) is 2.60. The van der Waals surface area contributed by atoms with E-state index in [0.29, 0.717) is 12.5 Å². The molecule has 0 aromatic carbocycles. The van der Waals surface area contributed by atoms with Crippen LogP contribution in [0.5, 0.6) is 0 Å². The molecule has 14 heavy (non-hydrogen) atoms. The van der Waals surface area contributed by atoms with Gasteiger partial charge in [-0.15, -0.1) is 0 Å². The molecule has 2 rings (SSSR count). The fourth-order valence-electron chi connectivity index (χ4n) is 2.60. The minimum atomic E-state index is 0.200. The summed E-state index contributed by atoms with van der Waals surface area (Å²) in [4.78, 5) is 11.1. The van der Waals surface area contributed by atoms with E-state index in [4.69, 9.17) is 0 Å². The second-order valence-electron chi connectivity index (χ2n) is 4.59. The number of hydrogen-bond acceptors (Lipinski definition) is 2. The van der Waals surface area contributed by atoms with Crippen molar-refractivity contribution in [2.75, 3.05) is 13.1 Å². The second kappa shape index (κ2) is 4.78.